The van der Waals surface area contributed by atoms with Crippen molar-refractivity contribution in [1.29, 1.82) is 0 Å². The molecule has 0 saturated carbocycles. The van der Waals surface area contributed by atoms with E-state index >= 15 is 0 Å². The molecule has 0 aliphatic heterocycles. The number of nitrogens with zero attached hydrogens (tertiary/aromatic N) is 2. The van der Waals surface area contributed by atoms with Crippen molar-refractivity contribution in [3.63, 3.8) is 0 Å². The minimum Gasteiger partial charge on any atom is -0.360 e. The van der Waals surface area contributed by atoms with E-state index in [-0.39, 0.29) is 11.0 Å². The summed E-state index contributed by atoms with van der Waals surface area (Å²) in [6.45, 7) is 0.478. The number of pyridine rings is 1. The first-order chi connectivity index (χ1) is 7.65. The zero-order chi connectivity index (χ0) is 11.5. The molecule has 0 aromatic carbocycles. The highest BCUT2D eigenvalue weighted by molar-refractivity contribution is 5.02. The van der Waals surface area contributed by atoms with E-state index < -0.39 is 0 Å². The number of aryl methyl sites for hydroxylation is 1. The summed E-state index contributed by atoms with van der Waals surface area (Å²) in [6, 6.07) is 2.97. The summed E-state index contributed by atoms with van der Waals surface area (Å²) in [5.74, 6) is 0. The maximum Gasteiger partial charge on any atom is 0.314 e. The lowest BCUT2D eigenvalue weighted by atomic mass is 10.3. The zero-order valence-corrected chi connectivity index (χ0v) is 8.88. The van der Waals surface area contributed by atoms with Gasteiger partial charge in [-0.1, -0.05) is 0 Å². The Bertz CT molecular complexity index is 613. The van der Waals surface area contributed by atoms with E-state index in [1.807, 2.05) is 0 Å². The van der Waals surface area contributed by atoms with Gasteiger partial charge in [-0.2, -0.15) is 4.57 Å². The van der Waals surface area contributed by atoms with Gasteiger partial charge in [-0.25, -0.2) is 0 Å². The fourth-order valence-corrected chi connectivity index (χ4v) is 1.41. The Morgan fingerprint density at radius 3 is 2.94 bits per heavy atom. The van der Waals surface area contributed by atoms with Crippen LogP contribution in [0.2, 0.25) is 0 Å². The summed E-state index contributed by atoms with van der Waals surface area (Å²) in [7, 11) is 1.69. The van der Waals surface area contributed by atoms with E-state index in [1.54, 1.807) is 30.2 Å². The quantitative estimate of drug-likeness (QED) is 0.685. The van der Waals surface area contributed by atoms with Gasteiger partial charge in [0.15, 0.2) is 18.2 Å². The van der Waals surface area contributed by atoms with Crippen molar-refractivity contribution < 1.29 is 4.57 Å². The van der Waals surface area contributed by atoms with Crippen LogP contribution in [-0.2, 0) is 13.6 Å². The molecule has 0 unspecified atom stereocenters. The van der Waals surface area contributed by atoms with Crippen LogP contribution >= 0.6 is 0 Å². The molecule has 2 aromatic heterocycles. The Morgan fingerprint density at radius 1 is 1.44 bits per heavy atom. The lowest BCUT2D eigenvalue weighted by Gasteiger charge is -1.98. The van der Waals surface area contributed by atoms with Crippen LogP contribution in [0.1, 0.15) is 5.69 Å². The number of aromatic amines is 1. The van der Waals surface area contributed by atoms with Crippen LogP contribution < -0.4 is 15.6 Å². The molecule has 0 aliphatic rings. The summed E-state index contributed by atoms with van der Waals surface area (Å²) in [6.07, 6.45) is 6.56. The molecule has 82 valence electrons. The zero-order valence-electron chi connectivity index (χ0n) is 8.88. The third-order valence-electron chi connectivity index (χ3n) is 2.29. The molecule has 0 radical (unpaired) electrons. The summed E-state index contributed by atoms with van der Waals surface area (Å²) in [5.41, 5.74) is 0.643. The van der Waals surface area contributed by atoms with Gasteiger partial charge in [0.1, 0.15) is 0 Å². The first kappa shape index (κ1) is 10.4. The number of rotatable bonds is 2. The fraction of sp³-hybridized carbons (Fsp3) is 0.182. The minimum absolute atomic E-state index is 0.0433. The van der Waals surface area contributed by atoms with Crippen LogP contribution in [0.4, 0.5) is 0 Å². The third kappa shape index (κ3) is 2.25. The van der Waals surface area contributed by atoms with Crippen LogP contribution in [0.3, 0.4) is 0 Å². The second-order valence-corrected chi connectivity index (χ2v) is 3.60. The predicted octanol–water partition coefficient (Wildman–Crippen LogP) is -0.591. The average Bonchev–Trinajstić information content (AvgIpc) is 2.24. The molecule has 0 saturated heterocycles. The van der Waals surface area contributed by atoms with E-state index in [2.05, 4.69) is 4.98 Å². The molecule has 0 atom stereocenters. The van der Waals surface area contributed by atoms with Crippen LogP contribution in [0.5, 0.6) is 0 Å². The van der Waals surface area contributed by atoms with Gasteiger partial charge in [-0.15, -0.1) is 0 Å². The van der Waals surface area contributed by atoms with Crippen LogP contribution in [-0.4, -0.2) is 9.55 Å². The molecule has 1 N–H and O–H groups in total. The molecule has 0 fully saturated rings. The molecular weight excluding hydrogens is 206 g/mol. The van der Waals surface area contributed by atoms with Gasteiger partial charge < -0.3 is 9.55 Å². The molecule has 2 rings (SSSR count). The van der Waals surface area contributed by atoms with E-state index in [0.717, 1.165) is 5.69 Å². The third-order valence-corrected chi connectivity index (χ3v) is 2.29. The molecule has 5 heteroatoms. The molecule has 5 nitrogen and oxygen atoms in total. The van der Waals surface area contributed by atoms with Crippen molar-refractivity contribution >= 4 is 0 Å². The second kappa shape index (κ2) is 4.14. The SMILES string of the molecule is Cn1cc[n+](Cc2cc(=O)cc[nH]2)cc1=O. The molecule has 0 spiro atoms. The van der Waals surface area contributed by atoms with Crippen LogP contribution in [0.15, 0.2) is 46.5 Å². The number of nitrogens with one attached hydrogen (secondary N) is 1. The maximum atomic E-state index is 11.4. The normalized spacial score (nSPS) is 10.3. The smallest absolute Gasteiger partial charge is 0.314 e. The Morgan fingerprint density at radius 2 is 2.25 bits per heavy atom. The number of aromatic nitrogens is 3. The molecule has 2 aromatic rings. The molecule has 0 bridgehead atoms. The van der Waals surface area contributed by atoms with Crippen molar-refractivity contribution in [3.05, 3.63) is 63.2 Å². The molecule has 2 heterocycles. The van der Waals surface area contributed by atoms with Gasteiger partial charge in [-0.05, 0) is 0 Å². The largest absolute Gasteiger partial charge is 0.360 e. The van der Waals surface area contributed by atoms with Gasteiger partial charge in [0.05, 0.1) is 11.9 Å². The first-order valence-corrected chi connectivity index (χ1v) is 4.88. The van der Waals surface area contributed by atoms with E-state index in [4.69, 9.17) is 0 Å². The Balaban J connectivity index is 2.31. The van der Waals surface area contributed by atoms with E-state index in [0.29, 0.717) is 6.54 Å². The van der Waals surface area contributed by atoms with Crippen molar-refractivity contribution in [2.24, 2.45) is 7.05 Å². The summed E-state index contributed by atoms with van der Waals surface area (Å²) in [5, 5.41) is 0. The fourth-order valence-electron chi connectivity index (χ4n) is 1.41. The topological polar surface area (TPSA) is 58.7 Å². The highest BCUT2D eigenvalue weighted by Gasteiger charge is 2.04. The Labute approximate surface area is 91.6 Å². The van der Waals surface area contributed by atoms with Gasteiger partial charge in [0.2, 0.25) is 6.20 Å². The van der Waals surface area contributed by atoms with Crippen molar-refractivity contribution in [2.45, 2.75) is 6.54 Å². The maximum absolute atomic E-state index is 11.4. The number of hydrogen-bond donors (Lipinski definition) is 1. The summed E-state index contributed by atoms with van der Waals surface area (Å²) < 4.78 is 3.22. The van der Waals surface area contributed by atoms with Gasteiger partial charge >= 0.3 is 5.56 Å². The molecule has 0 aliphatic carbocycles. The average molecular weight is 218 g/mol. The number of hydrogen-bond acceptors (Lipinski definition) is 2. The monoisotopic (exact) mass is 218 g/mol. The molecule has 16 heavy (non-hydrogen) atoms. The van der Waals surface area contributed by atoms with E-state index in [9.17, 15) is 9.59 Å². The highest BCUT2D eigenvalue weighted by atomic mass is 16.1. The summed E-state index contributed by atoms with van der Waals surface area (Å²) >= 11 is 0. The molecular formula is C11H12N3O2+. The summed E-state index contributed by atoms with van der Waals surface area (Å²) in [4.78, 5) is 25.4. The van der Waals surface area contributed by atoms with Gasteiger partial charge in [0, 0.05) is 25.4 Å². The van der Waals surface area contributed by atoms with Crippen molar-refractivity contribution in [3.8, 4) is 0 Å². The standard InChI is InChI=1S/C11H11N3O2/c1-13-4-5-14(8-11(13)16)7-9-6-10(15)2-3-12-9/h2-6,8H,7H2,1H3/p+1. The lowest BCUT2D eigenvalue weighted by Crippen LogP contribution is -2.40. The second-order valence-electron chi connectivity index (χ2n) is 3.60. The van der Waals surface area contributed by atoms with Crippen molar-refractivity contribution in [2.75, 3.05) is 0 Å². The number of H-pyrrole nitrogens is 1. The minimum atomic E-state index is -0.0826. The first-order valence-electron chi connectivity index (χ1n) is 4.88. The lowest BCUT2D eigenvalue weighted by molar-refractivity contribution is -0.690. The van der Waals surface area contributed by atoms with Crippen LogP contribution in [0, 0.1) is 0 Å². The van der Waals surface area contributed by atoms with E-state index in [1.165, 1.54) is 22.9 Å². The van der Waals surface area contributed by atoms with Crippen molar-refractivity contribution in [1.82, 2.24) is 9.55 Å². The Hall–Kier alpha value is -2.17. The molecule has 0 amide bonds. The van der Waals surface area contributed by atoms with Crippen LogP contribution in [0.25, 0.3) is 0 Å². The van der Waals surface area contributed by atoms with Gasteiger partial charge in [0.25, 0.3) is 0 Å². The van der Waals surface area contributed by atoms with Gasteiger partial charge in [-0.3, -0.25) is 9.59 Å². The predicted molar refractivity (Wildman–Crippen MR) is 58.0 cm³/mol. The Kier molecular flexibility index (Phi) is 2.68. The highest BCUT2D eigenvalue weighted by Crippen LogP contribution is 1.86.